The molecule has 0 N–H and O–H groups in total. The number of furan rings is 1. The van der Waals surface area contributed by atoms with Crippen molar-refractivity contribution < 1.29 is 13.6 Å². The Morgan fingerprint density at radius 1 is 1.24 bits per heavy atom. The highest BCUT2D eigenvalue weighted by molar-refractivity contribution is 9.10. The van der Waals surface area contributed by atoms with E-state index in [1.807, 2.05) is 0 Å². The summed E-state index contributed by atoms with van der Waals surface area (Å²) in [7, 11) is 0. The third-order valence-electron chi connectivity index (χ3n) is 2.21. The third-order valence-corrected chi connectivity index (χ3v) is 3.13. The molecule has 17 heavy (non-hydrogen) atoms. The molecule has 1 aromatic heterocycles. The predicted octanol–water partition coefficient (Wildman–Crippen LogP) is 4.37. The number of carbonyl (C=O) groups is 1. The highest BCUT2D eigenvalue weighted by Crippen LogP contribution is 2.19. The fourth-order valence-corrected chi connectivity index (χ4v) is 2.03. The van der Waals surface area contributed by atoms with Gasteiger partial charge in [0.25, 0.3) is 0 Å². The average molecular weight is 362 g/mol. The zero-order valence-electron chi connectivity index (χ0n) is 8.54. The van der Waals surface area contributed by atoms with Crippen molar-refractivity contribution in [3.05, 3.63) is 56.6 Å². The van der Waals surface area contributed by atoms with E-state index in [9.17, 15) is 9.18 Å². The summed E-state index contributed by atoms with van der Waals surface area (Å²) in [5.41, 5.74) is 0.353. The highest BCUT2D eigenvalue weighted by Gasteiger charge is 2.13. The normalized spacial score (nSPS) is 10.5. The van der Waals surface area contributed by atoms with Crippen LogP contribution < -0.4 is 0 Å². The van der Waals surface area contributed by atoms with Gasteiger partial charge in [0.15, 0.2) is 10.4 Å². The molecule has 1 aromatic carbocycles. The third kappa shape index (κ3) is 3.04. The summed E-state index contributed by atoms with van der Waals surface area (Å²) in [6.45, 7) is 0. The van der Waals surface area contributed by atoms with Gasteiger partial charge in [-0.2, -0.15) is 0 Å². The first-order chi connectivity index (χ1) is 8.06. The van der Waals surface area contributed by atoms with Crippen LogP contribution in [0.1, 0.15) is 16.1 Å². The zero-order chi connectivity index (χ0) is 12.4. The van der Waals surface area contributed by atoms with Crippen LogP contribution in [0.3, 0.4) is 0 Å². The minimum absolute atomic E-state index is 0.0148. The van der Waals surface area contributed by atoms with Crippen molar-refractivity contribution in [2.75, 3.05) is 0 Å². The quantitative estimate of drug-likeness (QED) is 0.760. The summed E-state index contributed by atoms with van der Waals surface area (Å²) < 4.78 is 19.8. The SMILES string of the molecule is O=C(Cc1ccc(Br)cc1F)c1ccc(Br)o1. The van der Waals surface area contributed by atoms with Crippen molar-refractivity contribution in [2.24, 2.45) is 0 Å². The number of Topliss-reactive ketones (excluding diaryl/α,β-unsaturated/α-hetero) is 1. The molecule has 1 heterocycles. The van der Waals surface area contributed by atoms with Crippen molar-refractivity contribution in [3.63, 3.8) is 0 Å². The van der Waals surface area contributed by atoms with Crippen LogP contribution in [-0.2, 0) is 6.42 Å². The Bertz CT molecular complexity index is 563. The summed E-state index contributed by atoms with van der Waals surface area (Å²) in [5.74, 6) is -0.436. The van der Waals surface area contributed by atoms with Crippen LogP contribution in [0.5, 0.6) is 0 Å². The number of ketones is 1. The summed E-state index contributed by atoms with van der Waals surface area (Å²) in [5, 5.41) is 0. The van der Waals surface area contributed by atoms with E-state index in [1.54, 1.807) is 24.3 Å². The molecule has 0 radical (unpaired) electrons. The fourth-order valence-electron chi connectivity index (χ4n) is 1.39. The molecule has 0 bridgehead atoms. The lowest BCUT2D eigenvalue weighted by molar-refractivity contribution is 0.0964. The molecule has 0 fully saturated rings. The maximum Gasteiger partial charge on any atom is 0.202 e. The van der Waals surface area contributed by atoms with Gasteiger partial charge in [0.05, 0.1) is 0 Å². The van der Waals surface area contributed by atoms with Crippen molar-refractivity contribution in [2.45, 2.75) is 6.42 Å². The Morgan fingerprint density at radius 2 is 2.00 bits per heavy atom. The van der Waals surface area contributed by atoms with Crippen LogP contribution in [0.2, 0.25) is 0 Å². The van der Waals surface area contributed by atoms with Crippen molar-refractivity contribution >= 4 is 37.6 Å². The largest absolute Gasteiger partial charge is 0.446 e. The van der Waals surface area contributed by atoms with Crippen LogP contribution >= 0.6 is 31.9 Å². The standard InChI is InChI=1S/C12H7Br2FO2/c13-8-2-1-7(9(15)6-8)5-10(16)11-3-4-12(14)17-11/h1-4,6H,5H2. The molecule has 0 spiro atoms. The first-order valence-corrected chi connectivity index (χ1v) is 6.37. The van der Waals surface area contributed by atoms with Crippen molar-refractivity contribution in [3.8, 4) is 0 Å². The minimum Gasteiger partial charge on any atom is -0.446 e. The summed E-state index contributed by atoms with van der Waals surface area (Å²) >= 11 is 6.27. The maximum atomic E-state index is 13.5. The van der Waals surface area contributed by atoms with E-state index in [2.05, 4.69) is 31.9 Å². The maximum absolute atomic E-state index is 13.5. The van der Waals surface area contributed by atoms with E-state index >= 15 is 0 Å². The molecule has 2 rings (SSSR count). The number of benzene rings is 1. The van der Waals surface area contributed by atoms with Gasteiger partial charge in [0.1, 0.15) is 5.82 Å². The van der Waals surface area contributed by atoms with Gasteiger partial charge in [-0.25, -0.2) is 4.39 Å². The van der Waals surface area contributed by atoms with Gasteiger partial charge in [-0.1, -0.05) is 22.0 Å². The molecule has 0 saturated heterocycles. The fraction of sp³-hybridized carbons (Fsp3) is 0.0833. The highest BCUT2D eigenvalue weighted by atomic mass is 79.9. The first kappa shape index (κ1) is 12.5. The zero-order valence-corrected chi connectivity index (χ0v) is 11.7. The van der Waals surface area contributed by atoms with E-state index in [0.717, 1.165) is 0 Å². The molecule has 0 aliphatic carbocycles. The van der Waals surface area contributed by atoms with Gasteiger partial charge in [0, 0.05) is 10.9 Å². The van der Waals surface area contributed by atoms with E-state index in [4.69, 9.17) is 4.42 Å². The number of halogens is 3. The minimum atomic E-state index is -0.404. The van der Waals surface area contributed by atoms with Crippen molar-refractivity contribution in [1.29, 1.82) is 0 Å². The number of hydrogen-bond acceptors (Lipinski definition) is 2. The van der Waals surface area contributed by atoms with Crippen LogP contribution in [0, 0.1) is 5.82 Å². The lowest BCUT2D eigenvalue weighted by Crippen LogP contribution is -2.03. The molecule has 88 valence electrons. The van der Waals surface area contributed by atoms with Gasteiger partial charge < -0.3 is 4.42 Å². The van der Waals surface area contributed by atoms with Gasteiger partial charge in [-0.3, -0.25) is 4.79 Å². The Morgan fingerprint density at radius 3 is 2.59 bits per heavy atom. The van der Waals surface area contributed by atoms with E-state index in [-0.39, 0.29) is 18.0 Å². The second kappa shape index (κ2) is 5.14. The van der Waals surface area contributed by atoms with Crippen LogP contribution in [0.4, 0.5) is 4.39 Å². The molecule has 0 atom stereocenters. The van der Waals surface area contributed by atoms with Crippen molar-refractivity contribution in [1.82, 2.24) is 0 Å². The Hall–Kier alpha value is -0.940. The second-order valence-corrected chi connectivity index (χ2v) is 5.14. The predicted molar refractivity (Wildman–Crippen MR) is 68.5 cm³/mol. The van der Waals surface area contributed by atoms with E-state index < -0.39 is 5.82 Å². The van der Waals surface area contributed by atoms with Gasteiger partial charge in [0.2, 0.25) is 5.78 Å². The van der Waals surface area contributed by atoms with Gasteiger partial charge in [-0.05, 0) is 45.8 Å². The van der Waals surface area contributed by atoms with Crippen LogP contribution in [0.25, 0.3) is 0 Å². The Labute approximate surface area is 114 Å². The molecular formula is C12H7Br2FO2. The topological polar surface area (TPSA) is 30.2 Å². The first-order valence-electron chi connectivity index (χ1n) is 4.79. The molecule has 0 unspecified atom stereocenters. The van der Waals surface area contributed by atoms with E-state index in [0.29, 0.717) is 14.7 Å². The number of hydrogen-bond donors (Lipinski definition) is 0. The molecule has 5 heteroatoms. The summed E-state index contributed by atoms with van der Waals surface area (Å²) in [6.07, 6.45) is -0.0148. The summed E-state index contributed by atoms with van der Waals surface area (Å²) in [6, 6.07) is 7.80. The lowest BCUT2D eigenvalue weighted by atomic mass is 10.1. The summed E-state index contributed by atoms with van der Waals surface area (Å²) in [4.78, 5) is 11.8. The molecule has 2 nitrogen and oxygen atoms in total. The molecule has 0 amide bonds. The molecule has 0 saturated carbocycles. The second-order valence-electron chi connectivity index (χ2n) is 3.44. The molecule has 0 aliphatic heterocycles. The van der Waals surface area contributed by atoms with E-state index in [1.165, 1.54) is 6.07 Å². The smallest absolute Gasteiger partial charge is 0.202 e. The molecular weight excluding hydrogens is 355 g/mol. The Balaban J connectivity index is 2.18. The average Bonchev–Trinajstić information content (AvgIpc) is 2.69. The molecule has 2 aromatic rings. The number of rotatable bonds is 3. The van der Waals surface area contributed by atoms with Gasteiger partial charge in [-0.15, -0.1) is 0 Å². The van der Waals surface area contributed by atoms with Crippen LogP contribution in [-0.4, -0.2) is 5.78 Å². The monoisotopic (exact) mass is 360 g/mol. The van der Waals surface area contributed by atoms with Gasteiger partial charge >= 0.3 is 0 Å². The lowest BCUT2D eigenvalue weighted by Gasteiger charge is -2.01. The Kier molecular flexibility index (Phi) is 3.79. The van der Waals surface area contributed by atoms with Crippen LogP contribution in [0.15, 0.2) is 43.9 Å². The molecule has 0 aliphatic rings. The number of carbonyl (C=O) groups excluding carboxylic acids is 1.